The third-order valence-electron chi connectivity index (χ3n) is 5.52. The molecule has 2 aromatic carbocycles. The molecule has 32 heavy (non-hydrogen) atoms. The number of nitrogens with zero attached hydrogens (tertiary/aromatic N) is 2. The van der Waals surface area contributed by atoms with Crippen molar-refractivity contribution < 1.29 is 14.2 Å². The van der Waals surface area contributed by atoms with Crippen molar-refractivity contribution in [2.75, 3.05) is 52.4 Å². The number of benzene rings is 2. The fourth-order valence-electron chi connectivity index (χ4n) is 3.84. The van der Waals surface area contributed by atoms with Crippen LogP contribution in [0.5, 0.6) is 17.2 Å². The summed E-state index contributed by atoms with van der Waals surface area (Å²) in [5.74, 6) is 3.84. The number of halogens is 1. The quantitative estimate of drug-likeness (QED) is 0.279. The van der Waals surface area contributed by atoms with Crippen molar-refractivity contribution in [2.24, 2.45) is 10.9 Å². The lowest BCUT2D eigenvalue weighted by Crippen LogP contribution is -2.40. The van der Waals surface area contributed by atoms with Crippen molar-refractivity contribution in [2.45, 2.75) is 19.9 Å². The van der Waals surface area contributed by atoms with E-state index in [-0.39, 0.29) is 24.0 Å². The van der Waals surface area contributed by atoms with E-state index in [1.165, 1.54) is 5.69 Å². The zero-order valence-corrected chi connectivity index (χ0v) is 21.7. The molecule has 1 aliphatic heterocycles. The van der Waals surface area contributed by atoms with E-state index in [0.29, 0.717) is 12.5 Å². The van der Waals surface area contributed by atoms with Crippen LogP contribution >= 0.6 is 24.0 Å². The molecular formula is C24H35IN4O3. The first-order chi connectivity index (χ1) is 15.2. The van der Waals surface area contributed by atoms with Gasteiger partial charge in [0.15, 0.2) is 5.96 Å². The van der Waals surface area contributed by atoms with Crippen LogP contribution in [0.3, 0.4) is 0 Å². The summed E-state index contributed by atoms with van der Waals surface area (Å²) in [6.07, 6.45) is 1.14. The van der Waals surface area contributed by atoms with Crippen LogP contribution in [0, 0.1) is 5.92 Å². The number of hydrogen-bond donors (Lipinski definition) is 2. The largest absolute Gasteiger partial charge is 0.497 e. The van der Waals surface area contributed by atoms with Gasteiger partial charge in [0, 0.05) is 37.8 Å². The fourth-order valence-corrected chi connectivity index (χ4v) is 3.84. The monoisotopic (exact) mass is 554 g/mol. The van der Waals surface area contributed by atoms with Gasteiger partial charge in [-0.3, -0.25) is 0 Å². The first kappa shape index (κ1) is 25.9. The molecule has 3 rings (SSSR count). The Hall–Kier alpha value is -2.36. The van der Waals surface area contributed by atoms with Crippen LogP contribution < -0.4 is 29.7 Å². The van der Waals surface area contributed by atoms with Crippen molar-refractivity contribution >= 4 is 35.6 Å². The molecule has 0 aromatic heterocycles. The number of methoxy groups -OCH3 is 3. The van der Waals surface area contributed by atoms with Gasteiger partial charge in [0.1, 0.15) is 17.2 Å². The van der Waals surface area contributed by atoms with Gasteiger partial charge in [-0.05, 0) is 43.5 Å². The van der Waals surface area contributed by atoms with Gasteiger partial charge in [0.25, 0.3) is 0 Å². The van der Waals surface area contributed by atoms with Crippen LogP contribution in [0.2, 0.25) is 0 Å². The second-order valence-electron chi connectivity index (χ2n) is 7.53. The summed E-state index contributed by atoms with van der Waals surface area (Å²) in [4.78, 5) is 7.15. The minimum atomic E-state index is 0. The zero-order chi connectivity index (χ0) is 22.1. The molecular weight excluding hydrogens is 519 g/mol. The molecule has 8 heteroatoms. The van der Waals surface area contributed by atoms with Gasteiger partial charge in [-0.2, -0.15) is 0 Å². The average molecular weight is 554 g/mol. The minimum Gasteiger partial charge on any atom is -0.497 e. The summed E-state index contributed by atoms with van der Waals surface area (Å²) in [6.45, 7) is 6.31. The Morgan fingerprint density at radius 2 is 1.81 bits per heavy atom. The van der Waals surface area contributed by atoms with Crippen molar-refractivity contribution in [3.63, 3.8) is 0 Å². The number of guanidine groups is 1. The molecule has 1 aliphatic rings. The van der Waals surface area contributed by atoms with Crippen LogP contribution in [-0.4, -0.2) is 53.5 Å². The number of rotatable bonds is 9. The van der Waals surface area contributed by atoms with Crippen molar-refractivity contribution in [3.05, 3.63) is 48.0 Å². The Kier molecular flexibility index (Phi) is 10.7. The predicted octanol–water partition coefficient (Wildman–Crippen LogP) is 3.91. The van der Waals surface area contributed by atoms with Crippen LogP contribution in [0.15, 0.2) is 47.5 Å². The molecule has 1 heterocycles. The Morgan fingerprint density at radius 1 is 1.03 bits per heavy atom. The van der Waals surface area contributed by atoms with Crippen molar-refractivity contribution in [1.82, 2.24) is 10.6 Å². The Balaban J connectivity index is 0.00000363. The van der Waals surface area contributed by atoms with E-state index in [2.05, 4.69) is 34.6 Å². The molecule has 1 atom stereocenters. The Morgan fingerprint density at radius 3 is 2.53 bits per heavy atom. The van der Waals surface area contributed by atoms with Crippen molar-refractivity contribution in [1.29, 1.82) is 0 Å². The Bertz CT molecular complexity index is 878. The highest BCUT2D eigenvalue weighted by atomic mass is 127. The molecule has 0 aliphatic carbocycles. The predicted molar refractivity (Wildman–Crippen MR) is 141 cm³/mol. The molecule has 0 radical (unpaired) electrons. The van der Waals surface area contributed by atoms with Gasteiger partial charge in [0.05, 0.1) is 33.6 Å². The second-order valence-corrected chi connectivity index (χ2v) is 7.53. The molecule has 1 unspecified atom stereocenters. The average Bonchev–Trinajstić information content (AvgIpc) is 3.29. The topological polar surface area (TPSA) is 67.4 Å². The van der Waals surface area contributed by atoms with Crippen LogP contribution in [-0.2, 0) is 6.54 Å². The number of nitrogens with one attached hydrogen (secondary N) is 2. The third kappa shape index (κ3) is 6.82. The summed E-state index contributed by atoms with van der Waals surface area (Å²) < 4.78 is 16.3. The normalized spacial score (nSPS) is 15.7. The molecule has 0 amide bonds. The fraction of sp³-hybridized carbons (Fsp3) is 0.458. The lowest BCUT2D eigenvalue weighted by molar-refractivity contribution is 0.391. The van der Waals surface area contributed by atoms with Crippen LogP contribution in [0.1, 0.15) is 18.9 Å². The van der Waals surface area contributed by atoms with E-state index in [1.807, 2.05) is 30.3 Å². The van der Waals surface area contributed by atoms with E-state index < -0.39 is 0 Å². The molecule has 2 aromatic rings. The van der Waals surface area contributed by atoms with E-state index in [4.69, 9.17) is 19.2 Å². The number of anilines is 1. The van der Waals surface area contributed by atoms with E-state index in [1.54, 1.807) is 21.3 Å². The maximum absolute atomic E-state index is 5.53. The highest BCUT2D eigenvalue weighted by Crippen LogP contribution is 2.31. The zero-order valence-electron chi connectivity index (χ0n) is 19.4. The summed E-state index contributed by atoms with van der Waals surface area (Å²) in [7, 11) is 5.04. The maximum atomic E-state index is 5.53. The molecule has 0 spiro atoms. The molecule has 1 fully saturated rings. The summed E-state index contributed by atoms with van der Waals surface area (Å²) >= 11 is 0. The van der Waals surface area contributed by atoms with Gasteiger partial charge in [0.2, 0.25) is 0 Å². The SMILES string of the molecule is CCNC(=NCc1ccc(OC)cc1OC)NCC1CCN(c2ccccc2OC)C1.I. The van der Waals surface area contributed by atoms with Gasteiger partial charge < -0.3 is 29.7 Å². The summed E-state index contributed by atoms with van der Waals surface area (Å²) in [5, 5.41) is 6.85. The van der Waals surface area contributed by atoms with Gasteiger partial charge in [-0.15, -0.1) is 24.0 Å². The smallest absolute Gasteiger partial charge is 0.191 e. The lowest BCUT2D eigenvalue weighted by atomic mass is 10.1. The number of para-hydroxylation sites is 2. The van der Waals surface area contributed by atoms with Gasteiger partial charge >= 0.3 is 0 Å². The van der Waals surface area contributed by atoms with Crippen molar-refractivity contribution in [3.8, 4) is 17.2 Å². The van der Waals surface area contributed by atoms with Crippen LogP contribution in [0.25, 0.3) is 0 Å². The van der Waals surface area contributed by atoms with E-state index in [9.17, 15) is 0 Å². The van der Waals surface area contributed by atoms with Gasteiger partial charge in [-0.1, -0.05) is 12.1 Å². The standard InChI is InChI=1S/C24H34N4O3.HI/c1-5-25-24(27-16-19-10-11-20(29-2)14-23(19)31-4)26-15-18-12-13-28(17-18)21-8-6-7-9-22(21)30-3;/h6-11,14,18H,5,12-13,15-17H2,1-4H3,(H2,25,26,27);1H. The minimum absolute atomic E-state index is 0. The lowest BCUT2D eigenvalue weighted by Gasteiger charge is -2.21. The Labute approximate surface area is 208 Å². The highest BCUT2D eigenvalue weighted by Gasteiger charge is 2.24. The maximum Gasteiger partial charge on any atom is 0.191 e. The van der Waals surface area contributed by atoms with E-state index >= 15 is 0 Å². The first-order valence-corrected chi connectivity index (χ1v) is 10.8. The highest BCUT2D eigenvalue weighted by molar-refractivity contribution is 14.0. The molecule has 0 bridgehead atoms. The molecule has 176 valence electrons. The molecule has 2 N–H and O–H groups in total. The second kappa shape index (κ2) is 13.2. The van der Waals surface area contributed by atoms with E-state index in [0.717, 1.165) is 61.4 Å². The number of aliphatic imine (C=N–C) groups is 1. The number of ether oxygens (including phenoxy) is 3. The molecule has 1 saturated heterocycles. The third-order valence-corrected chi connectivity index (χ3v) is 5.52. The first-order valence-electron chi connectivity index (χ1n) is 10.8. The summed E-state index contributed by atoms with van der Waals surface area (Å²) in [5.41, 5.74) is 2.18. The summed E-state index contributed by atoms with van der Waals surface area (Å²) in [6, 6.07) is 14.0. The molecule has 7 nitrogen and oxygen atoms in total. The number of hydrogen-bond acceptors (Lipinski definition) is 5. The molecule has 0 saturated carbocycles. The van der Waals surface area contributed by atoms with Gasteiger partial charge in [-0.25, -0.2) is 4.99 Å². The van der Waals surface area contributed by atoms with Crippen LogP contribution in [0.4, 0.5) is 5.69 Å².